The summed E-state index contributed by atoms with van der Waals surface area (Å²) in [5.41, 5.74) is 8.09. The lowest BCUT2D eigenvalue weighted by molar-refractivity contribution is -0.118. The number of pyridine rings is 1. The van der Waals surface area contributed by atoms with Gasteiger partial charge in [0.2, 0.25) is 5.91 Å². The van der Waals surface area contributed by atoms with Crippen molar-refractivity contribution in [3.05, 3.63) is 52.6 Å². The molecule has 2 unspecified atom stereocenters. The average Bonchev–Trinajstić information content (AvgIpc) is 3.25. The van der Waals surface area contributed by atoms with Gasteiger partial charge in [-0.25, -0.2) is 9.37 Å². The maximum absolute atomic E-state index is 14.3. The van der Waals surface area contributed by atoms with Gasteiger partial charge in [0.15, 0.2) is 0 Å². The summed E-state index contributed by atoms with van der Waals surface area (Å²) in [5, 5.41) is 0.146. The van der Waals surface area contributed by atoms with Crippen LogP contribution in [-0.4, -0.2) is 51.9 Å². The topological polar surface area (TPSA) is 111 Å². The number of benzene rings is 2. The number of aromatic amines is 2. The monoisotopic (exact) mass is 420 g/mol. The minimum Gasteiger partial charge on any atom is -0.397 e. The van der Waals surface area contributed by atoms with Gasteiger partial charge in [0.05, 0.1) is 34.2 Å². The van der Waals surface area contributed by atoms with Crippen molar-refractivity contribution in [2.75, 3.05) is 30.8 Å². The third-order valence-corrected chi connectivity index (χ3v) is 5.82. The molecule has 4 aromatic rings. The van der Waals surface area contributed by atoms with Gasteiger partial charge in [-0.1, -0.05) is 6.07 Å². The van der Waals surface area contributed by atoms with Crippen LogP contribution in [0.2, 0.25) is 0 Å². The van der Waals surface area contributed by atoms with E-state index in [0.29, 0.717) is 34.8 Å². The molecule has 5 rings (SSSR count). The Morgan fingerprint density at radius 1 is 1.29 bits per heavy atom. The Bertz CT molecular complexity index is 1410. The molecule has 8 nitrogen and oxygen atoms in total. The Hall–Kier alpha value is -3.72. The van der Waals surface area contributed by atoms with Crippen LogP contribution in [0, 0.1) is 5.82 Å². The van der Waals surface area contributed by atoms with Gasteiger partial charge in [0, 0.05) is 25.3 Å². The molecule has 0 aliphatic carbocycles. The van der Waals surface area contributed by atoms with E-state index in [-0.39, 0.29) is 28.4 Å². The lowest BCUT2D eigenvalue weighted by atomic mass is 10.1. The second-order valence-electron chi connectivity index (χ2n) is 7.92. The van der Waals surface area contributed by atoms with Crippen LogP contribution in [0.15, 0.2) is 41.2 Å². The van der Waals surface area contributed by atoms with Crippen molar-refractivity contribution in [1.82, 2.24) is 19.9 Å². The number of rotatable bonds is 4. The van der Waals surface area contributed by atoms with Gasteiger partial charge in [-0.2, -0.15) is 0 Å². The summed E-state index contributed by atoms with van der Waals surface area (Å²) in [4.78, 5) is 39.1. The van der Waals surface area contributed by atoms with Gasteiger partial charge in [0.1, 0.15) is 17.2 Å². The number of anilines is 2. The van der Waals surface area contributed by atoms with Crippen LogP contribution in [0.25, 0.3) is 33.3 Å². The summed E-state index contributed by atoms with van der Waals surface area (Å²) in [5.74, 6) is -0.288. The molecule has 1 saturated heterocycles. The van der Waals surface area contributed by atoms with Crippen molar-refractivity contribution in [3.8, 4) is 11.4 Å². The molecular weight excluding hydrogens is 399 g/mol. The minimum atomic E-state index is -0.522. The number of imidazole rings is 1. The first-order valence-electron chi connectivity index (χ1n) is 9.94. The van der Waals surface area contributed by atoms with Gasteiger partial charge >= 0.3 is 0 Å². The smallest absolute Gasteiger partial charge is 0.261 e. The fraction of sp³-hybridized carbons (Fsp3) is 0.227. The first-order valence-corrected chi connectivity index (χ1v) is 9.94. The maximum atomic E-state index is 14.3. The second kappa shape index (κ2) is 6.92. The molecule has 3 heterocycles. The lowest BCUT2D eigenvalue weighted by Gasteiger charge is -2.17. The van der Waals surface area contributed by atoms with Gasteiger partial charge in [0.25, 0.3) is 5.56 Å². The molecule has 1 fully saturated rings. The number of carbonyl (C=O) groups is 1. The Morgan fingerprint density at radius 3 is 2.81 bits per heavy atom. The summed E-state index contributed by atoms with van der Waals surface area (Å²) in [6, 6.07) is 10.2. The molecule has 0 saturated carbocycles. The minimum absolute atomic E-state index is 0.00543. The number of nitrogen functional groups attached to an aromatic ring is 1. The quantitative estimate of drug-likeness (QED) is 0.439. The molecule has 158 valence electrons. The molecule has 31 heavy (non-hydrogen) atoms. The van der Waals surface area contributed by atoms with Crippen LogP contribution in [-0.2, 0) is 4.79 Å². The lowest BCUT2D eigenvalue weighted by Crippen LogP contribution is -2.32. The van der Waals surface area contributed by atoms with Crippen molar-refractivity contribution in [2.45, 2.75) is 13.0 Å². The number of hydrogen-bond acceptors (Lipinski definition) is 5. The molecule has 9 heteroatoms. The second-order valence-corrected chi connectivity index (χ2v) is 7.92. The number of nitrogens with two attached hydrogens (primary N) is 1. The number of H-pyrrole nitrogens is 2. The number of hydrogen-bond donors (Lipinski definition) is 3. The van der Waals surface area contributed by atoms with E-state index in [1.54, 1.807) is 36.2 Å². The van der Waals surface area contributed by atoms with Crippen LogP contribution in [0.4, 0.5) is 15.8 Å². The van der Waals surface area contributed by atoms with Crippen molar-refractivity contribution < 1.29 is 9.18 Å². The predicted octanol–water partition coefficient (Wildman–Crippen LogP) is 2.46. The molecule has 1 amide bonds. The van der Waals surface area contributed by atoms with Crippen LogP contribution >= 0.6 is 0 Å². The van der Waals surface area contributed by atoms with Gasteiger partial charge in [-0.3, -0.25) is 14.5 Å². The van der Waals surface area contributed by atoms with Crippen LogP contribution < -0.4 is 16.2 Å². The molecule has 0 radical (unpaired) electrons. The molecule has 2 aromatic carbocycles. The fourth-order valence-corrected chi connectivity index (χ4v) is 3.83. The van der Waals surface area contributed by atoms with E-state index in [1.165, 1.54) is 12.1 Å². The van der Waals surface area contributed by atoms with E-state index in [1.807, 2.05) is 0 Å². The van der Waals surface area contributed by atoms with E-state index in [9.17, 15) is 14.0 Å². The van der Waals surface area contributed by atoms with Crippen LogP contribution in [0.3, 0.4) is 0 Å². The molecule has 1 aliphatic heterocycles. The standard InChI is InChI=1S/C22H21FN6O2/c1-11-9-29(11)10-17(30)28(2)12-6-7-14-16(8-12)26-21(25-14)19-20(24)18-13(23)4-3-5-15(18)27-22(19)31/h3-8,11H,9-10H2,1-2H3,(H,25,26)(H3,24,27,31). The zero-order chi connectivity index (χ0) is 21.9. The highest BCUT2D eigenvalue weighted by molar-refractivity contribution is 5.99. The van der Waals surface area contributed by atoms with Crippen LogP contribution in [0.1, 0.15) is 6.92 Å². The zero-order valence-corrected chi connectivity index (χ0v) is 17.1. The number of halogens is 1. The Kier molecular flexibility index (Phi) is 4.30. The van der Waals surface area contributed by atoms with E-state index < -0.39 is 11.4 Å². The number of likely N-dealkylation sites (N-methyl/N-ethyl adjacent to an activating group) is 1. The average molecular weight is 420 g/mol. The predicted molar refractivity (Wildman–Crippen MR) is 118 cm³/mol. The number of fused-ring (bicyclic) bond motifs is 2. The van der Waals surface area contributed by atoms with E-state index in [2.05, 4.69) is 26.8 Å². The number of aromatic nitrogens is 3. The van der Waals surface area contributed by atoms with Gasteiger partial charge in [-0.15, -0.1) is 0 Å². The largest absolute Gasteiger partial charge is 0.397 e. The van der Waals surface area contributed by atoms with E-state index >= 15 is 0 Å². The Labute approximate surface area is 176 Å². The Morgan fingerprint density at radius 2 is 2.06 bits per heavy atom. The van der Waals surface area contributed by atoms with Crippen molar-refractivity contribution in [3.63, 3.8) is 0 Å². The Balaban J connectivity index is 1.54. The number of carbonyl (C=O) groups excluding carboxylic acids is 1. The summed E-state index contributed by atoms with van der Waals surface area (Å²) < 4.78 is 14.3. The molecular formula is C22H21FN6O2. The SMILES string of the molecule is CC1CN1CC(=O)N(C)c1ccc2nc(-c3c(N)c4c(F)cccc4[nH]c3=O)[nH]c2c1. The number of nitrogens with zero attached hydrogens (tertiary/aromatic N) is 3. The molecule has 0 bridgehead atoms. The van der Waals surface area contributed by atoms with Gasteiger partial charge in [-0.05, 0) is 37.3 Å². The van der Waals surface area contributed by atoms with Crippen molar-refractivity contribution in [2.24, 2.45) is 0 Å². The molecule has 1 aliphatic rings. The molecule has 2 atom stereocenters. The van der Waals surface area contributed by atoms with Gasteiger partial charge < -0.3 is 20.6 Å². The highest BCUT2D eigenvalue weighted by atomic mass is 19.1. The number of nitrogens with one attached hydrogen (secondary N) is 2. The summed E-state index contributed by atoms with van der Waals surface area (Å²) in [6.07, 6.45) is 0. The summed E-state index contributed by atoms with van der Waals surface area (Å²) >= 11 is 0. The molecule has 4 N–H and O–H groups in total. The third-order valence-electron chi connectivity index (χ3n) is 5.82. The first kappa shape index (κ1) is 19.3. The molecule has 0 spiro atoms. The normalized spacial score (nSPS) is 17.9. The first-order chi connectivity index (χ1) is 14.8. The fourth-order valence-electron chi connectivity index (χ4n) is 3.83. The molecule has 2 aromatic heterocycles. The zero-order valence-electron chi connectivity index (χ0n) is 17.1. The number of amides is 1. The van der Waals surface area contributed by atoms with E-state index in [4.69, 9.17) is 5.73 Å². The summed E-state index contributed by atoms with van der Waals surface area (Å²) in [7, 11) is 1.73. The van der Waals surface area contributed by atoms with Crippen LogP contribution in [0.5, 0.6) is 0 Å². The maximum Gasteiger partial charge on any atom is 0.261 e. The van der Waals surface area contributed by atoms with Crippen molar-refractivity contribution in [1.29, 1.82) is 0 Å². The highest BCUT2D eigenvalue weighted by Crippen LogP contribution is 2.30. The highest BCUT2D eigenvalue weighted by Gasteiger charge is 2.31. The van der Waals surface area contributed by atoms with Crippen molar-refractivity contribution >= 4 is 39.2 Å². The third kappa shape index (κ3) is 3.23. The summed E-state index contributed by atoms with van der Waals surface area (Å²) in [6.45, 7) is 3.39. The van der Waals surface area contributed by atoms with E-state index in [0.717, 1.165) is 6.54 Å².